The average molecular weight is 245 g/mol. The second-order valence-corrected chi connectivity index (χ2v) is 4.39. The Morgan fingerprint density at radius 3 is 2.72 bits per heavy atom. The van der Waals surface area contributed by atoms with E-state index in [1.807, 2.05) is 13.1 Å². The van der Waals surface area contributed by atoms with E-state index in [0.29, 0.717) is 12.5 Å². The van der Waals surface area contributed by atoms with Crippen LogP contribution in [0.1, 0.15) is 37.2 Å². The summed E-state index contributed by atoms with van der Waals surface area (Å²) in [6.07, 6.45) is 7.33. The highest BCUT2D eigenvalue weighted by atomic mass is 15.0. The molecule has 0 bridgehead atoms. The van der Waals surface area contributed by atoms with E-state index >= 15 is 0 Å². The largest absolute Gasteiger partial charge is 0.340 e. The van der Waals surface area contributed by atoms with E-state index in [9.17, 15) is 0 Å². The van der Waals surface area contributed by atoms with Gasteiger partial charge in [-0.05, 0) is 13.3 Å². The Hall–Kier alpha value is -1.75. The van der Waals surface area contributed by atoms with Crippen molar-refractivity contribution in [1.82, 2.24) is 19.9 Å². The molecule has 1 unspecified atom stereocenters. The molecule has 0 aliphatic rings. The van der Waals surface area contributed by atoms with Crippen LogP contribution in [0.25, 0.3) is 11.4 Å². The van der Waals surface area contributed by atoms with Gasteiger partial charge in [0.25, 0.3) is 0 Å². The lowest BCUT2D eigenvalue weighted by Crippen LogP contribution is -2.13. The van der Waals surface area contributed by atoms with Gasteiger partial charge in [0.2, 0.25) is 0 Å². The number of hydrogen-bond acceptors (Lipinski definition) is 4. The summed E-state index contributed by atoms with van der Waals surface area (Å²) in [5.41, 5.74) is 8.43. The Morgan fingerprint density at radius 1 is 1.28 bits per heavy atom. The number of aromatic nitrogens is 4. The monoisotopic (exact) mass is 245 g/mol. The van der Waals surface area contributed by atoms with Crippen molar-refractivity contribution >= 4 is 0 Å². The number of aromatic amines is 1. The second-order valence-electron chi connectivity index (χ2n) is 4.39. The number of nitrogens with two attached hydrogens (primary N) is 1. The first kappa shape index (κ1) is 12.7. The van der Waals surface area contributed by atoms with Crippen molar-refractivity contribution in [2.24, 2.45) is 5.73 Å². The number of H-pyrrole nitrogens is 1. The van der Waals surface area contributed by atoms with Crippen LogP contribution in [0.15, 0.2) is 18.6 Å². The zero-order valence-electron chi connectivity index (χ0n) is 10.8. The van der Waals surface area contributed by atoms with Crippen LogP contribution >= 0.6 is 0 Å². The Bertz CT molecular complexity index is 506. The Labute approximate surface area is 107 Å². The van der Waals surface area contributed by atoms with Gasteiger partial charge in [-0.1, -0.05) is 13.3 Å². The molecule has 18 heavy (non-hydrogen) atoms. The molecule has 3 N–H and O–H groups in total. The molecule has 0 radical (unpaired) electrons. The molecule has 0 saturated heterocycles. The fraction of sp³-hybridized carbons (Fsp3) is 0.462. The van der Waals surface area contributed by atoms with Gasteiger partial charge in [0.1, 0.15) is 11.5 Å². The van der Waals surface area contributed by atoms with Crippen LogP contribution in [-0.4, -0.2) is 26.5 Å². The van der Waals surface area contributed by atoms with Crippen LogP contribution in [0.5, 0.6) is 0 Å². The van der Waals surface area contributed by atoms with Gasteiger partial charge in [0.05, 0.1) is 17.6 Å². The highest BCUT2D eigenvalue weighted by Crippen LogP contribution is 2.22. The molecule has 2 aromatic heterocycles. The zero-order valence-corrected chi connectivity index (χ0v) is 10.8. The number of hydrogen-bond donors (Lipinski definition) is 2. The van der Waals surface area contributed by atoms with E-state index < -0.39 is 0 Å². The normalized spacial score (nSPS) is 12.6. The summed E-state index contributed by atoms with van der Waals surface area (Å²) in [5.74, 6) is 1.24. The van der Waals surface area contributed by atoms with Crippen molar-refractivity contribution in [3.8, 4) is 11.4 Å². The number of imidazole rings is 1. The third-order valence-corrected chi connectivity index (χ3v) is 3.04. The third-order valence-electron chi connectivity index (χ3n) is 3.04. The number of nitrogens with zero attached hydrogens (tertiary/aromatic N) is 3. The van der Waals surface area contributed by atoms with Gasteiger partial charge < -0.3 is 10.7 Å². The molecule has 0 amide bonds. The van der Waals surface area contributed by atoms with Crippen molar-refractivity contribution in [2.75, 3.05) is 6.54 Å². The predicted octanol–water partition coefficient (Wildman–Crippen LogP) is 2.02. The molecule has 2 heterocycles. The molecule has 5 nitrogen and oxygen atoms in total. The highest BCUT2D eigenvalue weighted by molar-refractivity contribution is 5.55. The van der Waals surface area contributed by atoms with Gasteiger partial charge in [-0.2, -0.15) is 0 Å². The van der Waals surface area contributed by atoms with Crippen molar-refractivity contribution in [1.29, 1.82) is 0 Å². The Balaban J connectivity index is 2.28. The van der Waals surface area contributed by atoms with Crippen LogP contribution in [0.2, 0.25) is 0 Å². The molecule has 1 atom stereocenters. The fourth-order valence-electron chi connectivity index (χ4n) is 2.05. The molecule has 0 aromatic carbocycles. The first-order valence-electron chi connectivity index (χ1n) is 6.29. The minimum atomic E-state index is 0.292. The predicted molar refractivity (Wildman–Crippen MR) is 71.1 cm³/mol. The molecule has 0 aliphatic carbocycles. The summed E-state index contributed by atoms with van der Waals surface area (Å²) in [5, 5.41) is 0. The van der Waals surface area contributed by atoms with Crippen molar-refractivity contribution in [2.45, 2.75) is 32.6 Å². The van der Waals surface area contributed by atoms with Gasteiger partial charge >= 0.3 is 0 Å². The third kappa shape index (κ3) is 2.56. The quantitative estimate of drug-likeness (QED) is 0.844. The molecule has 0 aliphatic heterocycles. The summed E-state index contributed by atoms with van der Waals surface area (Å²) in [6.45, 7) is 4.70. The lowest BCUT2D eigenvalue weighted by molar-refractivity contribution is 0.595. The molecule has 0 fully saturated rings. The van der Waals surface area contributed by atoms with E-state index in [1.165, 1.54) is 0 Å². The molecular formula is C13H19N5. The summed E-state index contributed by atoms with van der Waals surface area (Å²) >= 11 is 0. The van der Waals surface area contributed by atoms with Gasteiger partial charge in [-0.25, -0.2) is 4.98 Å². The maximum atomic E-state index is 5.78. The van der Waals surface area contributed by atoms with Crippen LogP contribution in [0.3, 0.4) is 0 Å². The Kier molecular flexibility index (Phi) is 4.04. The maximum absolute atomic E-state index is 5.78. The average Bonchev–Trinajstić information content (AvgIpc) is 2.85. The van der Waals surface area contributed by atoms with E-state index in [0.717, 1.165) is 35.7 Å². The lowest BCUT2D eigenvalue weighted by Gasteiger charge is -2.09. The molecule has 2 rings (SSSR count). The molecule has 0 saturated carbocycles. The number of aryl methyl sites for hydroxylation is 1. The van der Waals surface area contributed by atoms with Gasteiger partial charge in [-0.3, -0.25) is 9.97 Å². The Morgan fingerprint density at radius 2 is 2.06 bits per heavy atom. The number of nitrogens with one attached hydrogen (secondary N) is 1. The van der Waals surface area contributed by atoms with Crippen LogP contribution in [0, 0.1) is 6.92 Å². The van der Waals surface area contributed by atoms with E-state index in [1.54, 1.807) is 12.4 Å². The van der Waals surface area contributed by atoms with Crippen LogP contribution in [-0.2, 0) is 0 Å². The molecular weight excluding hydrogens is 226 g/mol. The first-order valence-corrected chi connectivity index (χ1v) is 6.29. The van der Waals surface area contributed by atoms with Crippen molar-refractivity contribution in [3.63, 3.8) is 0 Å². The molecule has 2 aromatic rings. The lowest BCUT2D eigenvalue weighted by atomic mass is 10.0. The molecule has 96 valence electrons. The minimum Gasteiger partial charge on any atom is -0.340 e. The van der Waals surface area contributed by atoms with Crippen molar-refractivity contribution in [3.05, 3.63) is 30.1 Å². The number of rotatable bonds is 5. The molecule has 0 spiro atoms. The second kappa shape index (κ2) is 5.73. The van der Waals surface area contributed by atoms with E-state index in [4.69, 9.17) is 5.73 Å². The minimum absolute atomic E-state index is 0.292. The van der Waals surface area contributed by atoms with E-state index in [2.05, 4.69) is 26.9 Å². The first-order chi connectivity index (χ1) is 8.76. The smallest absolute Gasteiger partial charge is 0.110 e. The summed E-state index contributed by atoms with van der Waals surface area (Å²) in [7, 11) is 0. The zero-order chi connectivity index (χ0) is 13.0. The van der Waals surface area contributed by atoms with Crippen LogP contribution < -0.4 is 5.73 Å². The molecule has 5 heteroatoms. The summed E-state index contributed by atoms with van der Waals surface area (Å²) in [4.78, 5) is 16.3. The standard InChI is InChI=1S/C13H19N5/c1-3-4-10(7-14)13-17-8-11(18-13)12-9(2)15-5-6-16-12/h5-6,8,10H,3-4,7,14H2,1-2H3,(H,17,18). The topological polar surface area (TPSA) is 80.5 Å². The summed E-state index contributed by atoms with van der Waals surface area (Å²) in [6, 6.07) is 0. The summed E-state index contributed by atoms with van der Waals surface area (Å²) < 4.78 is 0. The van der Waals surface area contributed by atoms with Gasteiger partial charge in [0.15, 0.2) is 0 Å². The van der Waals surface area contributed by atoms with Crippen LogP contribution in [0.4, 0.5) is 0 Å². The van der Waals surface area contributed by atoms with Gasteiger partial charge in [0, 0.05) is 24.9 Å². The SMILES string of the molecule is CCCC(CN)c1ncc(-c2nccnc2C)[nH]1. The fourth-order valence-corrected chi connectivity index (χ4v) is 2.05. The van der Waals surface area contributed by atoms with Gasteiger partial charge in [-0.15, -0.1) is 0 Å². The van der Waals surface area contributed by atoms with E-state index in [-0.39, 0.29) is 0 Å². The van der Waals surface area contributed by atoms with Crippen molar-refractivity contribution < 1.29 is 0 Å². The highest BCUT2D eigenvalue weighted by Gasteiger charge is 2.14. The maximum Gasteiger partial charge on any atom is 0.110 e.